The zero-order chi connectivity index (χ0) is 16.1. The lowest BCUT2D eigenvalue weighted by Crippen LogP contribution is -2.45. The van der Waals surface area contributed by atoms with Gasteiger partial charge < -0.3 is 10.2 Å². The van der Waals surface area contributed by atoms with Gasteiger partial charge in [-0.15, -0.1) is 11.3 Å². The van der Waals surface area contributed by atoms with E-state index in [1.807, 2.05) is 10.3 Å². The molecule has 5 heteroatoms. The van der Waals surface area contributed by atoms with E-state index in [4.69, 9.17) is 0 Å². The molecule has 2 aromatic rings. The first-order valence-electron chi connectivity index (χ1n) is 8.20. The molecule has 1 N–H and O–H groups in total. The minimum atomic E-state index is 0.0545. The Bertz CT molecular complexity index is 641. The van der Waals surface area contributed by atoms with Crippen molar-refractivity contribution in [3.8, 4) is 0 Å². The number of rotatable bonds is 4. The normalized spacial score (nSPS) is 18.0. The summed E-state index contributed by atoms with van der Waals surface area (Å²) in [6.45, 7) is 4.44. The number of hydrogen-bond acceptors (Lipinski definition) is 3. The summed E-state index contributed by atoms with van der Waals surface area (Å²) in [6.07, 6.45) is 4.84. The monoisotopic (exact) mass is 329 g/mol. The molecule has 3 rings (SSSR count). The highest BCUT2D eigenvalue weighted by Crippen LogP contribution is 2.27. The summed E-state index contributed by atoms with van der Waals surface area (Å²) in [5.41, 5.74) is 2.64. The summed E-state index contributed by atoms with van der Waals surface area (Å²) in [5, 5.41) is 6.07. The lowest BCUT2D eigenvalue weighted by atomic mass is 9.90. The van der Waals surface area contributed by atoms with Crippen LogP contribution in [-0.2, 0) is 6.42 Å². The van der Waals surface area contributed by atoms with Gasteiger partial charge in [-0.3, -0.25) is 0 Å². The van der Waals surface area contributed by atoms with E-state index in [0.29, 0.717) is 12.5 Å². The Kier molecular flexibility index (Phi) is 5.28. The van der Waals surface area contributed by atoms with E-state index < -0.39 is 0 Å². The Balaban J connectivity index is 1.52. The summed E-state index contributed by atoms with van der Waals surface area (Å²) in [4.78, 5) is 18.6. The van der Waals surface area contributed by atoms with Gasteiger partial charge in [-0.25, -0.2) is 9.78 Å². The average molecular weight is 329 g/mol. The second-order valence-corrected chi connectivity index (χ2v) is 7.09. The van der Waals surface area contributed by atoms with E-state index in [-0.39, 0.29) is 6.03 Å². The number of carbonyl (C=O) groups excluding carboxylic acids is 1. The van der Waals surface area contributed by atoms with Crippen molar-refractivity contribution in [1.82, 2.24) is 15.2 Å². The van der Waals surface area contributed by atoms with Gasteiger partial charge in [0.05, 0.1) is 5.01 Å². The van der Waals surface area contributed by atoms with Crippen LogP contribution in [0.4, 0.5) is 4.79 Å². The number of thiazole rings is 1. The van der Waals surface area contributed by atoms with E-state index in [0.717, 1.165) is 37.4 Å². The van der Waals surface area contributed by atoms with Crippen molar-refractivity contribution >= 4 is 17.4 Å². The molecule has 0 radical (unpaired) electrons. The zero-order valence-corrected chi connectivity index (χ0v) is 14.3. The fraction of sp³-hybridized carbons (Fsp3) is 0.444. The maximum Gasteiger partial charge on any atom is 0.317 e. The van der Waals surface area contributed by atoms with E-state index in [9.17, 15) is 4.79 Å². The molecule has 0 spiro atoms. The topological polar surface area (TPSA) is 45.2 Å². The first kappa shape index (κ1) is 16.0. The van der Waals surface area contributed by atoms with Gasteiger partial charge in [-0.05, 0) is 25.3 Å². The molecule has 1 aromatic heterocycles. The molecule has 1 saturated heterocycles. The number of aromatic nitrogens is 1. The van der Waals surface area contributed by atoms with Crippen LogP contribution in [0.5, 0.6) is 0 Å². The number of amides is 2. The predicted molar refractivity (Wildman–Crippen MR) is 93.9 cm³/mol. The van der Waals surface area contributed by atoms with Gasteiger partial charge >= 0.3 is 6.03 Å². The van der Waals surface area contributed by atoms with Gasteiger partial charge in [0.2, 0.25) is 0 Å². The number of nitrogens with one attached hydrogen (secondary N) is 1. The molecule has 2 amide bonds. The molecule has 1 aromatic carbocycles. The molecule has 122 valence electrons. The molecule has 2 heterocycles. The molecule has 23 heavy (non-hydrogen) atoms. The number of likely N-dealkylation sites (tertiary alicyclic amines) is 1. The molecule has 0 unspecified atom stereocenters. The van der Waals surface area contributed by atoms with Crippen molar-refractivity contribution < 1.29 is 4.79 Å². The summed E-state index contributed by atoms with van der Waals surface area (Å²) < 4.78 is 0. The Morgan fingerprint density at radius 2 is 2.39 bits per heavy atom. The molecular weight excluding hydrogens is 306 g/mol. The first-order chi connectivity index (χ1) is 11.2. The third-order valence-electron chi connectivity index (χ3n) is 4.32. The van der Waals surface area contributed by atoms with Crippen molar-refractivity contribution in [3.63, 3.8) is 0 Å². The fourth-order valence-corrected chi connectivity index (χ4v) is 3.74. The summed E-state index contributed by atoms with van der Waals surface area (Å²) >= 11 is 1.63. The second kappa shape index (κ2) is 7.59. The molecule has 1 atom stereocenters. The number of piperidine rings is 1. The van der Waals surface area contributed by atoms with Crippen molar-refractivity contribution in [2.24, 2.45) is 0 Å². The standard InChI is InChI=1S/C18H23N3OS/c1-14-4-2-5-15(12-14)16-6-3-10-21(13-16)18(22)20-8-7-17-19-9-11-23-17/h2,4-5,9,11-12,16H,3,6-8,10,13H2,1H3,(H,20,22)/t16-/m1/s1. The van der Waals surface area contributed by atoms with Crippen LogP contribution in [-0.4, -0.2) is 35.5 Å². The highest BCUT2D eigenvalue weighted by molar-refractivity contribution is 7.09. The third kappa shape index (κ3) is 4.32. The van der Waals surface area contributed by atoms with Gasteiger partial charge in [-0.1, -0.05) is 29.8 Å². The Morgan fingerprint density at radius 1 is 1.48 bits per heavy atom. The zero-order valence-electron chi connectivity index (χ0n) is 13.5. The number of aryl methyl sites for hydroxylation is 1. The number of benzene rings is 1. The second-order valence-electron chi connectivity index (χ2n) is 6.11. The van der Waals surface area contributed by atoms with Crippen LogP contribution in [0.1, 0.15) is 34.9 Å². The Labute approximate surface area is 141 Å². The highest BCUT2D eigenvalue weighted by Gasteiger charge is 2.24. The van der Waals surface area contributed by atoms with E-state index in [1.54, 1.807) is 17.5 Å². The van der Waals surface area contributed by atoms with Crippen LogP contribution in [0.25, 0.3) is 0 Å². The average Bonchev–Trinajstić information content (AvgIpc) is 3.08. The van der Waals surface area contributed by atoms with E-state index >= 15 is 0 Å². The van der Waals surface area contributed by atoms with Crippen molar-refractivity contribution in [2.45, 2.75) is 32.1 Å². The Hall–Kier alpha value is -1.88. The van der Waals surface area contributed by atoms with Crippen molar-refractivity contribution in [3.05, 3.63) is 52.0 Å². The van der Waals surface area contributed by atoms with E-state index in [1.165, 1.54) is 11.1 Å². The van der Waals surface area contributed by atoms with E-state index in [2.05, 4.69) is 41.5 Å². The lowest BCUT2D eigenvalue weighted by Gasteiger charge is -2.33. The highest BCUT2D eigenvalue weighted by atomic mass is 32.1. The maximum absolute atomic E-state index is 12.4. The predicted octanol–water partition coefficient (Wildman–Crippen LogP) is 3.58. The fourth-order valence-electron chi connectivity index (χ4n) is 3.12. The quantitative estimate of drug-likeness (QED) is 0.932. The van der Waals surface area contributed by atoms with Crippen molar-refractivity contribution in [2.75, 3.05) is 19.6 Å². The van der Waals surface area contributed by atoms with Gasteiger partial charge in [-0.2, -0.15) is 0 Å². The van der Waals surface area contributed by atoms with Crippen LogP contribution in [0.2, 0.25) is 0 Å². The molecule has 1 aliphatic rings. The molecular formula is C18H23N3OS. The van der Waals surface area contributed by atoms with Gasteiger partial charge in [0.15, 0.2) is 0 Å². The van der Waals surface area contributed by atoms with Gasteiger partial charge in [0.25, 0.3) is 0 Å². The number of hydrogen-bond donors (Lipinski definition) is 1. The maximum atomic E-state index is 12.4. The van der Waals surface area contributed by atoms with Crippen molar-refractivity contribution in [1.29, 1.82) is 0 Å². The first-order valence-corrected chi connectivity index (χ1v) is 9.08. The van der Waals surface area contributed by atoms with Gasteiger partial charge in [0.1, 0.15) is 0 Å². The SMILES string of the molecule is Cc1cccc([C@@H]2CCCN(C(=O)NCCc3nccs3)C2)c1. The lowest BCUT2D eigenvalue weighted by molar-refractivity contribution is 0.180. The summed E-state index contributed by atoms with van der Waals surface area (Å²) in [5.74, 6) is 0.452. The Morgan fingerprint density at radius 3 is 3.17 bits per heavy atom. The summed E-state index contributed by atoms with van der Waals surface area (Å²) in [7, 11) is 0. The van der Waals surface area contributed by atoms with Crippen LogP contribution >= 0.6 is 11.3 Å². The summed E-state index contributed by atoms with van der Waals surface area (Å²) in [6, 6.07) is 8.71. The number of carbonyl (C=O) groups is 1. The number of nitrogens with zero attached hydrogens (tertiary/aromatic N) is 2. The molecule has 1 fully saturated rings. The smallest absolute Gasteiger partial charge is 0.317 e. The van der Waals surface area contributed by atoms with Crippen LogP contribution in [0, 0.1) is 6.92 Å². The minimum Gasteiger partial charge on any atom is -0.338 e. The van der Waals surface area contributed by atoms with Crippen LogP contribution in [0.3, 0.4) is 0 Å². The molecule has 1 aliphatic heterocycles. The molecule has 0 saturated carbocycles. The molecule has 0 bridgehead atoms. The molecule has 4 nitrogen and oxygen atoms in total. The third-order valence-corrected chi connectivity index (χ3v) is 5.16. The largest absolute Gasteiger partial charge is 0.338 e. The van der Waals surface area contributed by atoms with Crippen LogP contribution < -0.4 is 5.32 Å². The minimum absolute atomic E-state index is 0.0545. The van der Waals surface area contributed by atoms with Crippen LogP contribution in [0.15, 0.2) is 35.8 Å². The molecule has 0 aliphatic carbocycles. The van der Waals surface area contributed by atoms with Gasteiger partial charge in [0, 0.05) is 43.5 Å². The number of urea groups is 1.